The molecule has 0 fully saturated rings. The lowest BCUT2D eigenvalue weighted by Crippen LogP contribution is -2.31. The first-order valence-electron chi connectivity index (χ1n) is 6.83. The number of carbonyl (C=O) groups is 1. The lowest BCUT2D eigenvalue weighted by molar-refractivity contribution is -0.390. The Kier molecular flexibility index (Phi) is 5.02. The van der Waals surface area contributed by atoms with Crippen molar-refractivity contribution >= 4 is 17.4 Å². The number of para-hydroxylation sites is 1. The lowest BCUT2D eigenvalue weighted by atomic mass is 10.2. The number of amides is 1. The van der Waals surface area contributed by atoms with Gasteiger partial charge in [-0.15, -0.1) is 0 Å². The van der Waals surface area contributed by atoms with Crippen LogP contribution >= 0.6 is 0 Å². The van der Waals surface area contributed by atoms with Gasteiger partial charge in [0, 0.05) is 6.92 Å². The number of hydrogen-bond donors (Lipinski definition) is 1. The van der Waals surface area contributed by atoms with Crippen molar-refractivity contribution in [2.75, 3.05) is 5.32 Å². The van der Waals surface area contributed by atoms with Crippen molar-refractivity contribution in [1.82, 2.24) is 4.98 Å². The van der Waals surface area contributed by atoms with E-state index in [-0.39, 0.29) is 5.75 Å². The zero-order valence-electron chi connectivity index (χ0n) is 12.7. The second-order valence-corrected chi connectivity index (χ2v) is 4.88. The molecule has 0 spiro atoms. The largest absolute Gasteiger partial charge is 0.473 e. The molecule has 1 atom stereocenters. The van der Waals surface area contributed by atoms with Crippen LogP contribution < -0.4 is 10.1 Å². The van der Waals surface area contributed by atoms with Crippen LogP contribution in [-0.2, 0) is 4.79 Å². The van der Waals surface area contributed by atoms with Gasteiger partial charge in [-0.05, 0) is 41.1 Å². The van der Waals surface area contributed by atoms with Crippen LogP contribution in [0.2, 0.25) is 0 Å². The van der Waals surface area contributed by atoms with Crippen LogP contribution in [0.25, 0.3) is 0 Å². The summed E-state index contributed by atoms with van der Waals surface area (Å²) < 4.78 is 32.3. The maximum atomic E-state index is 13.5. The highest BCUT2D eigenvalue weighted by molar-refractivity contribution is 5.94. The highest BCUT2D eigenvalue weighted by Gasteiger charge is 2.24. The fourth-order valence-corrected chi connectivity index (χ4v) is 1.84. The molecule has 9 heteroatoms. The van der Waals surface area contributed by atoms with E-state index in [1.807, 2.05) is 0 Å². The van der Waals surface area contributed by atoms with E-state index >= 15 is 0 Å². The molecule has 1 aromatic carbocycles. The Balaban J connectivity index is 2.17. The zero-order valence-corrected chi connectivity index (χ0v) is 12.7. The summed E-state index contributed by atoms with van der Waals surface area (Å²) in [6.07, 6.45) is -1.24. The second kappa shape index (κ2) is 6.99. The summed E-state index contributed by atoms with van der Waals surface area (Å²) in [6, 6.07) is 5.90. The Labute approximate surface area is 135 Å². The minimum absolute atomic E-state index is 0.220. The van der Waals surface area contributed by atoms with Crippen LogP contribution in [0.5, 0.6) is 5.75 Å². The first-order chi connectivity index (χ1) is 11.3. The highest BCUT2D eigenvalue weighted by atomic mass is 19.1. The number of rotatable bonds is 5. The van der Waals surface area contributed by atoms with Gasteiger partial charge in [0.2, 0.25) is 5.75 Å². The third-order valence-corrected chi connectivity index (χ3v) is 3.04. The van der Waals surface area contributed by atoms with Gasteiger partial charge in [0.25, 0.3) is 5.91 Å². The summed E-state index contributed by atoms with van der Waals surface area (Å²) in [6.45, 7) is 2.85. The number of aromatic nitrogens is 1. The molecule has 1 amide bonds. The molecule has 0 radical (unpaired) electrons. The van der Waals surface area contributed by atoms with Crippen LogP contribution in [0.3, 0.4) is 0 Å². The van der Waals surface area contributed by atoms with E-state index in [2.05, 4.69) is 10.3 Å². The molecule has 2 rings (SSSR count). The number of ether oxygens (including phenoxy) is 1. The van der Waals surface area contributed by atoms with E-state index in [4.69, 9.17) is 4.74 Å². The zero-order chi connectivity index (χ0) is 17.9. The Morgan fingerprint density at radius 2 is 1.92 bits per heavy atom. The quantitative estimate of drug-likeness (QED) is 0.668. The van der Waals surface area contributed by atoms with Crippen LogP contribution in [0.4, 0.5) is 20.3 Å². The summed E-state index contributed by atoms with van der Waals surface area (Å²) in [5, 5.41) is 13.0. The molecular formula is C15H13F2N3O4. The normalized spacial score (nSPS) is 11.7. The number of anilines is 1. The monoisotopic (exact) mass is 337 g/mol. The average Bonchev–Trinajstić information content (AvgIpc) is 2.52. The summed E-state index contributed by atoms with van der Waals surface area (Å²) in [7, 11) is 0. The summed E-state index contributed by atoms with van der Waals surface area (Å²) in [4.78, 5) is 26.0. The van der Waals surface area contributed by atoms with Gasteiger partial charge in [0.05, 0.1) is 0 Å². The molecule has 0 aliphatic carbocycles. The van der Waals surface area contributed by atoms with Crippen molar-refractivity contribution in [3.05, 3.63) is 57.8 Å². The fourth-order valence-electron chi connectivity index (χ4n) is 1.84. The smallest absolute Gasteiger partial charge is 0.406 e. The van der Waals surface area contributed by atoms with E-state index in [1.54, 1.807) is 6.92 Å². The number of halogens is 2. The molecule has 0 saturated carbocycles. The average molecular weight is 337 g/mol. The highest BCUT2D eigenvalue weighted by Crippen LogP contribution is 2.26. The van der Waals surface area contributed by atoms with E-state index in [1.165, 1.54) is 19.1 Å². The topological polar surface area (TPSA) is 94.4 Å². The number of nitrogens with zero attached hydrogens (tertiary/aromatic N) is 2. The van der Waals surface area contributed by atoms with Crippen LogP contribution in [0.1, 0.15) is 12.6 Å². The molecule has 1 heterocycles. The predicted molar refractivity (Wildman–Crippen MR) is 80.7 cm³/mol. The Hall–Kier alpha value is -3.10. The van der Waals surface area contributed by atoms with Gasteiger partial charge >= 0.3 is 5.82 Å². The molecule has 1 N–H and O–H groups in total. The van der Waals surface area contributed by atoms with Gasteiger partial charge in [0.15, 0.2) is 6.10 Å². The van der Waals surface area contributed by atoms with Crippen LogP contribution in [0, 0.1) is 28.7 Å². The number of pyridine rings is 1. The number of aryl methyl sites for hydroxylation is 1. The van der Waals surface area contributed by atoms with Gasteiger partial charge in [-0.3, -0.25) is 4.79 Å². The van der Waals surface area contributed by atoms with Gasteiger partial charge < -0.3 is 20.2 Å². The van der Waals surface area contributed by atoms with Gasteiger partial charge in [-0.2, -0.15) is 0 Å². The first-order valence-corrected chi connectivity index (χ1v) is 6.83. The number of hydrogen-bond acceptors (Lipinski definition) is 5. The summed E-state index contributed by atoms with van der Waals surface area (Å²) in [5.74, 6) is -3.53. The number of carbonyl (C=O) groups excluding carboxylic acids is 1. The van der Waals surface area contributed by atoms with Crippen LogP contribution in [-0.4, -0.2) is 21.9 Å². The Bertz CT molecular complexity index is 778. The van der Waals surface area contributed by atoms with Gasteiger partial charge in [-0.1, -0.05) is 6.07 Å². The molecule has 0 bridgehead atoms. The van der Waals surface area contributed by atoms with Crippen molar-refractivity contribution in [2.45, 2.75) is 20.0 Å². The number of nitro groups is 1. The van der Waals surface area contributed by atoms with Crippen molar-refractivity contribution < 1.29 is 23.2 Å². The molecule has 0 saturated heterocycles. The van der Waals surface area contributed by atoms with E-state index in [0.29, 0.717) is 5.69 Å². The molecule has 2 aromatic rings. The SMILES string of the molecule is Cc1ccc(O[C@@H](C)C(=O)Nc2c(F)cccc2F)c([N+](=O)[O-])n1. The third-order valence-electron chi connectivity index (χ3n) is 3.04. The summed E-state index contributed by atoms with van der Waals surface area (Å²) in [5.41, 5.74) is -0.214. The molecule has 126 valence electrons. The van der Waals surface area contributed by atoms with Gasteiger partial charge in [0.1, 0.15) is 23.0 Å². The minimum atomic E-state index is -1.24. The first kappa shape index (κ1) is 17.3. The van der Waals surface area contributed by atoms with E-state index in [0.717, 1.165) is 18.2 Å². The molecule has 0 aliphatic rings. The predicted octanol–water partition coefficient (Wildman–Crippen LogP) is 2.98. The minimum Gasteiger partial charge on any atom is -0.473 e. The Morgan fingerprint density at radius 3 is 2.50 bits per heavy atom. The fraction of sp³-hybridized carbons (Fsp3) is 0.200. The lowest BCUT2D eigenvalue weighted by Gasteiger charge is -2.15. The molecular weight excluding hydrogens is 324 g/mol. The maximum Gasteiger partial charge on any atom is 0.406 e. The van der Waals surface area contributed by atoms with Crippen LogP contribution in [0.15, 0.2) is 30.3 Å². The number of nitrogens with one attached hydrogen (secondary N) is 1. The number of benzene rings is 1. The van der Waals surface area contributed by atoms with Crippen molar-refractivity contribution in [2.24, 2.45) is 0 Å². The second-order valence-electron chi connectivity index (χ2n) is 4.88. The maximum absolute atomic E-state index is 13.5. The standard InChI is InChI=1S/C15H13F2N3O4/c1-8-6-7-12(14(18-8)20(22)23)24-9(2)15(21)19-13-10(16)4-3-5-11(13)17/h3-7,9H,1-2H3,(H,19,21)/t9-/m0/s1. The van der Waals surface area contributed by atoms with Crippen molar-refractivity contribution in [3.63, 3.8) is 0 Å². The third kappa shape index (κ3) is 3.80. The molecule has 0 aliphatic heterocycles. The molecule has 24 heavy (non-hydrogen) atoms. The Morgan fingerprint density at radius 1 is 1.29 bits per heavy atom. The molecule has 0 unspecified atom stereocenters. The van der Waals surface area contributed by atoms with Crippen molar-refractivity contribution in [3.8, 4) is 5.75 Å². The molecule has 1 aromatic heterocycles. The molecule has 7 nitrogen and oxygen atoms in total. The van der Waals surface area contributed by atoms with E-state index < -0.39 is 40.1 Å². The van der Waals surface area contributed by atoms with E-state index in [9.17, 15) is 23.7 Å². The van der Waals surface area contributed by atoms with Crippen molar-refractivity contribution in [1.29, 1.82) is 0 Å². The summed E-state index contributed by atoms with van der Waals surface area (Å²) >= 11 is 0. The van der Waals surface area contributed by atoms with Gasteiger partial charge in [-0.25, -0.2) is 8.78 Å².